The molecule has 0 saturated heterocycles. The highest BCUT2D eigenvalue weighted by Crippen LogP contribution is 2.12. The lowest BCUT2D eigenvalue weighted by Gasteiger charge is -2.05. The molecule has 0 atom stereocenters. The van der Waals surface area contributed by atoms with Crippen molar-refractivity contribution in [1.82, 2.24) is 9.78 Å². The molecule has 0 aliphatic rings. The largest absolute Gasteiger partial charge is 0.326 e. The van der Waals surface area contributed by atoms with Gasteiger partial charge in [0.2, 0.25) is 0 Å². The fourth-order valence-electron chi connectivity index (χ4n) is 1.75. The van der Waals surface area contributed by atoms with Crippen LogP contribution < -0.4 is 5.73 Å². The maximum absolute atomic E-state index is 12.1. The van der Waals surface area contributed by atoms with Gasteiger partial charge in [-0.15, -0.1) is 0 Å². The zero-order valence-corrected chi connectivity index (χ0v) is 11.6. The maximum Gasteiger partial charge on any atom is 0.180 e. The van der Waals surface area contributed by atoms with Gasteiger partial charge in [-0.05, 0) is 30.7 Å². The van der Waals surface area contributed by atoms with Crippen LogP contribution in [0.4, 0.5) is 0 Å². The van der Waals surface area contributed by atoms with Crippen molar-refractivity contribution >= 4 is 9.84 Å². The molecule has 0 unspecified atom stereocenters. The van der Waals surface area contributed by atoms with Crippen LogP contribution in [0.1, 0.15) is 11.3 Å². The minimum atomic E-state index is -3.28. The summed E-state index contributed by atoms with van der Waals surface area (Å²) in [5, 5.41) is 4.17. The lowest BCUT2D eigenvalue weighted by Crippen LogP contribution is -2.13. The zero-order chi connectivity index (χ0) is 13.9. The Balaban J connectivity index is 2.09. The van der Waals surface area contributed by atoms with Gasteiger partial charge in [0.1, 0.15) is 0 Å². The Morgan fingerprint density at radius 1 is 1.21 bits per heavy atom. The number of rotatable bonds is 5. The van der Waals surface area contributed by atoms with Crippen molar-refractivity contribution in [2.45, 2.75) is 24.9 Å². The topological polar surface area (TPSA) is 78.0 Å². The third-order valence-electron chi connectivity index (χ3n) is 2.88. The Kier molecular flexibility index (Phi) is 4.01. The normalized spacial score (nSPS) is 11.7. The molecule has 0 saturated carbocycles. The Bertz CT molecular complexity index is 645. The van der Waals surface area contributed by atoms with Crippen LogP contribution >= 0.6 is 0 Å². The highest BCUT2D eigenvalue weighted by Gasteiger charge is 2.14. The van der Waals surface area contributed by atoms with E-state index < -0.39 is 9.84 Å². The van der Waals surface area contributed by atoms with Crippen molar-refractivity contribution in [3.05, 3.63) is 47.8 Å². The first-order valence-corrected chi connectivity index (χ1v) is 7.68. The first-order valence-electron chi connectivity index (χ1n) is 6.03. The fourth-order valence-corrected chi connectivity index (χ4v) is 2.97. The van der Waals surface area contributed by atoms with E-state index in [1.54, 1.807) is 35.1 Å². The van der Waals surface area contributed by atoms with E-state index in [9.17, 15) is 8.42 Å². The van der Waals surface area contributed by atoms with Gasteiger partial charge < -0.3 is 5.73 Å². The second-order valence-electron chi connectivity index (χ2n) is 4.39. The molecule has 0 aliphatic heterocycles. The highest BCUT2D eigenvalue weighted by molar-refractivity contribution is 7.91. The number of benzene rings is 1. The molecule has 0 aliphatic carbocycles. The molecule has 2 rings (SSSR count). The number of nitrogens with two attached hydrogens (primary N) is 1. The molecule has 0 amide bonds. The van der Waals surface area contributed by atoms with Crippen molar-refractivity contribution in [2.24, 2.45) is 5.73 Å². The number of hydrogen-bond acceptors (Lipinski definition) is 4. The summed E-state index contributed by atoms with van der Waals surface area (Å²) in [6.07, 6.45) is 1.78. The van der Waals surface area contributed by atoms with E-state index in [1.807, 2.05) is 13.0 Å². The average Bonchev–Trinajstić information content (AvgIpc) is 2.82. The van der Waals surface area contributed by atoms with Gasteiger partial charge in [-0.1, -0.05) is 12.1 Å². The van der Waals surface area contributed by atoms with Crippen molar-refractivity contribution in [2.75, 3.05) is 5.75 Å². The number of aryl methyl sites for hydroxylation is 2. The minimum Gasteiger partial charge on any atom is -0.326 e. The van der Waals surface area contributed by atoms with Crippen molar-refractivity contribution in [3.63, 3.8) is 0 Å². The molecule has 2 N–H and O–H groups in total. The van der Waals surface area contributed by atoms with Crippen LogP contribution in [0.5, 0.6) is 0 Å². The maximum atomic E-state index is 12.1. The average molecular weight is 279 g/mol. The quantitative estimate of drug-likeness (QED) is 0.889. The second kappa shape index (κ2) is 5.54. The Morgan fingerprint density at radius 3 is 2.42 bits per heavy atom. The molecule has 0 spiro atoms. The van der Waals surface area contributed by atoms with Crippen LogP contribution in [-0.4, -0.2) is 24.0 Å². The second-order valence-corrected chi connectivity index (χ2v) is 6.50. The lowest BCUT2D eigenvalue weighted by atomic mass is 10.2. The van der Waals surface area contributed by atoms with Gasteiger partial charge in [0, 0.05) is 12.7 Å². The number of aromatic nitrogens is 2. The molecule has 6 heteroatoms. The van der Waals surface area contributed by atoms with E-state index in [0.29, 0.717) is 18.0 Å². The predicted molar refractivity (Wildman–Crippen MR) is 73.4 cm³/mol. The number of sulfone groups is 1. The van der Waals surface area contributed by atoms with E-state index in [2.05, 4.69) is 5.10 Å². The van der Waals surface area contributed by atoms with Crippen molar-refractivity contribution in [1.29, 1.82) is 0 Å². The van der Waals surface area contributed by atoms with E-state index in [1.165, 1.54) is 0 Å². The molecule has 19 heavy (non-hydrogen) atoms. The third-order valence-corrected chi connectivity index (χ3v) is 4.59. The standard InChI is InChI=1S/C13H17N3O2S/c1-11-6-7-16(15-11)8-9-19(17,18)13-4-2-12(10-14)3-5-13/h2-7H,8-10,14H2,1H3. The number of hydrogen-bond donors (Lipinski definition) is 1. The van der Waals surface area contributed by atoms with E-state index in [0.717, 1.165) is 11.3 Å². The molecule has 102 valence electrons. The summed E-state index contributed by atoms with van der Waals surface area (Å²) in [7, 11) is -3.28. The van der Waals surface area contributed by atoms with Gasteiger partial charge in [0.05, 0.1) is 22.9 Å². The van der Waals surface area contributed by atoms with Gasteiger partial charge in [-0.25, -0.2) is 8.42 Å². The minimum absolute atomic E-state index is 0.0378. The van der Waals surface area contributed by atoms with Gasteiger partial charge in [0.15, 0.2) is 9.84 Å². The van der Waals surface area contributed by atoms with E-state index in [4.69, 9.17) is 5.73 Å². The van der Waals surface area contributed by atoms with Gasteiger partial charge >= 0.3 is 0 Å². The molecule has 1 heterocycles. The van der Waals surface area contributed by atoms with Crippen LogP contribution in [0, 0.1) is 6.92 Å². The summed E-state index contributed by atoms with van der Waals surface area (Å²) in [5.41, 5.74) is 7.28. The van der Waals surface area contributed by atoms with Gasteiger partial charge in [-0.2, -0.15) is 5.10 Å². The highest BCUT2D eigenvalue weighted by atomic mass is 32.2. The predicted octanol–water partition coefficient (Wildman–Crippen LogP) is 1.12. The Hall–Kier alpha value is -1.66. The first kappa shape index (κ1) is 13.8. The van der Waals surface area contributed by atoms with E-state index in [-0.39, 0.29) is 5.75 Å². The summed E-state index contributed by atoms with van der Waals surface area (Å²) < 4.78 is 25.9. The van der Waals surface area contributed by atoms with Crippen molar-refractivity contribution < 1.29 is 8.42 Å². The van der Waals surface area contributed by atoms with Crippen molar-refractivity contribution in [3.8, 4) is 0 Å². The summed E-state index contributed by atoms with van der Waals surface area (Å²) in [5.74, 6) is 0.0378. The van der Waals surface area contributed by atoms with Gasteiger partial charge in [0.25, 0.3) is 0 Å². The van der Waals surface area contributed by atoms with Crippen LogP contribution in [0.25, 0.3) is 0 Å². The number of nitrogens with zero attached hydrogens (tertiary/aromatic N) is 2. The molecule has 1 aromatic carbocycles. The molecule has 0 fully saturated rings. The molecular formula is C13H17N3O2S. The first-order chi connectivity index (χ1) is 9.01. The molecule has 0 radical (unpaired) electrons. The smallest absolute Gasteiger partial charge is 0.180 e. The molecular weight excluding hydrogens is 262 g/mol. The van der Waals surface area contributed by atoms with Crippen LogP contribution in [0.3, 0.4) is 0 Å². The Morgan fingerprint density at radius 2 is 1.89 bits per heavy atom. The zero-order valence-electron chi connectivity index (χ0n) is 10.8. The van der Waals surface area contributed by atoms with E-state index >= 15 is 0 Å². The molecule has 2 aromatic rings. The molecule has 1 aromatic heterocycles. The van der Waals surface area contributed by atoms with Crippen LogP contribution in [0.2, 0.25) is 0 Å². The SMILES string of the molecule is Cc1ccn(CCS(=O)(=O)c2ccc(CN)cc2)n1. The Labute approximate surface area is 113 Å². The monoisotopic (exact) mass is 279 g/mol. The summed E-state index contributed by atoms with van der Waals surface area (Å²) >= 11 is 0. The fraction of sp³-hybridized carbons (Fsp3) is 0.308. The lowest BCUT2D eigenvalue weighted by molar-refractivity contribution is 0.579. The van der Waals surface area contributed by atoms with Gasteiger partial charge in [-0.3, -0.25) is 4.68 Å². The molecule has 5 nitrogen and oxygen atoms in total. The summed E-state index contributed by atoms with van der Waals surface area (Å²) in [4.78, 5) is 0.327. The summed E-state index contributed by atoms with van der Waals surface area (Å²) in [6.45, 7) is 2.64. The summed E-state index contributed by atoms with van der Waals surface area (Å²) in [6, 6.07) is 8.54. The third kappa shape index (κ3) is 3.42. The molecule has 0 bridgehead atoms. The van der Waals surface area contributed by atoms with Crippen LogP contribution in [-0.2, 0) is 22.9 Å². The van der Waals surface area contributed by atoms with Crippen LogP contribution in [0.15, 0.2) is 41.4 Å².